The van der Waals surface area contributed by atoms with Gasteiger partial charge in [0.2, 0.25) is 5.95 Å². The summed E-state index contributed by atoms with van der Waals surface area (Å²) < 4.78 is 1.71. The molecule has 2 heterocycles. The molecule has 2 aromatic rings. The number of carbonyl (C=O) groups is 1. The zero-order chi connectivity index (χ0) is 13.8. The van der Waals surface area contributed by atoms with Gasteiger partial charge in [-0.05, 0) is 24.6 Å². The number of carboxylic acid groups (broad SMARTS) is 1. The van der Waals surface area contributed by atoms with Crippen LogP contribution in [0.3, 0.4) is 0 Å². The van der Waals surface area contributed by atoms with Gasteiger partial charge < -0.3 is 10.8 Å². The Bertz CT molecular complexity index is 572. The van der Waals surface area contributed by atoms with Crippen molar-refractivity contribution in [3.63, 3.8) is 0 Å². The third-order valence-electron chi connectivity index (χ3n) is 2.59. The van der Waals surface area contributed by atoms with Gasteiger partial charge in [0.15, 0.2) is 5.16 Å². The largest absolute Gasteiger partial charge is 0.481 e. The van der Waals surface area contributed by atoms with Crippen molar-refractivity contribution in [2.75, 3.05) is 11.5 Å². The average Bonchev–Trinajstić information content (AvgIpc) is 2.78. The summed E-state index contributed by atoms with van der Waals surface area (Å²) in [5.74, 6) is -0.729. The molecule has 7 nitrogen and oxygen atoms in total. The lowest BCUT2D eigenvalue weighted by molar-refractivity contribution is -0.133. The highest BCUT2D eigenvalue weighted by Gasteiger charge is 2.18. The van der Waals surface area contributed by atoms with E-state index in [4.69, 9.17) is 10.8 Å². The molecule has 2 aromatic heterocycles. The summed E-state index contributed by atoms with van der Waals surface area (Å²) in [6, 6.07) is 3.65. The first-order valence-electron chi connectivity index (χ1n) is 5.54. The first-order chi connectivity index (χ1) is 9.09. The maximum Gasteiger partial charge on any atom is 0.313 e. The second kappa shape index (κ2) is 5.70. The molecule has 0 spiro atoms. The highest BCUT2D eigenvalue weighted by Crippen LogP contribution is 2.26. The summed E-state index contributed by atoms with van der Waals surface area (Å²) in [5, 5.41) is 16.9. The van der Waals surface area contributed by atoms with Crippen molar-refractivity contribution in [1.29, 1.82) is 0 Å². The van der Waals surface area contributed by atoms with Crippen molar-refractivity contribution in [3.05, 3.63) is 30.1 Å². The van der Waals surface area contributed by atoms with E-state index in [1.807, 2.05) is 19.1 Å². The highest BCUT2D eigenvalue weighted by molar-refractivity contribution is 7.99. The number of nitrogens with two attached hydrogens (primary N) is 1. The number of hydrogen-bond donors (Lipinski definition) is 2. The normalized spacial score (nSPS) is 12.3. The molecule has 0 saturated carbocycles. The van der Waals surface area contributed by atoms with Gasteiger partial charge in [-0.25, -0.2) is 0 Å². The Balaban J connectivity index is 2.28. The summed E-state index contributed by atoms with van der Waals surface area (Å²) in [6.07, 6.45) is 3.38. The number of thioether (sulfide) groups is 1. The van der Waals surface area contributed by atoms with E-state index in [0.717, 1.165) is 17.3 Å². The first-order valence-corrected chi connectivity index (χ1v) is 6.53. The maximum atomic E-state index is 10.6. The molecule has 19 heavy (non-hydrogen) atoms. The fourth-order valence-electron chi connectivity index (χ4n) is 1.67. The molecule has 3 N–H and O–H groups in total. The predicted molar refractivity (Wildman–Crippen MR) is 70.8 cm³/mol. The van der Waals surface area contributed by atoms with Crippen LogP contribution in [-0.2, 0) is 4.79 Å². The van der Waals surface area contributed by atoms with Gasteiger partial charge >= 0.3 is 5.97 Å². The summed E-state index contributed by atoms with van der Waals surface area (Å²) in [7, 11) is 0. The second-order valence-electron chi connectivity index (χ2n) is 3.85. The number of nitrogen functional groups attached to an aromatic ring is 1. The lowest BCUT2D eigenvalue weighted by atomic mass is 10.1. The monoisotopic (exact) mass is 279 g/mol. The Labute approximate surface area is 113 Å². The van der Waals surface area contributed by atoms with E-state index in [1.54, 1.807) is 17.0 Å². The number of pyridine rings is 1. The third kappa shape index (κ3) is 3.02. The fourth-order valence-corrected chi connectivity index (χ4v) is 2.41. The molecular formula is C11H13N5O2S. The number of rotatable bonds is 5. The molecule has 0 aliphatic rings. The van der Waals surface area contributed by atoms with Gasteiger partial charge in [-0.15, -0.1) is 10.2 Å². The second-order valence-corrected chi connectivity index (χ2v) is 4.79. The van der Waals surface area contributed by atoms with Crippen molar-refractivity contribution in [2.24, 2.45) is 0 Å². The quantitative estimate of drug-likeness (QED) is 0.787. The predicted octanol–water partition coefficient (Wildman–Crippen LogP) is 1.04. The lowest BCUT2D eigenvalue weighted by Crippen LogP contribution is -2.12. The molecule has 0 aliphatic heterocycles. The molecule has 1 atom stereocenters. The molecule has 0 radical (unpaired) electrons. The minimum absolute atomic E-state index is 0.0821. The molecule has 2 rings (SSSR count). The minimum Gasteiger partial charge on any atom is -0.481 e. The first kappa shape index (κ1) is 13.3. The molecule has 0 fully saturated rings. The zero-order valence-corrected chi connectivity index (χ0v) is 11.0. The van der Waals surface area contributed by atoms with Gasteiger partial charge in [0.25, 0.3) is 0 Å². The van der Waals surface area contributed by atoms with E-state index >= 15 is 0 Å². The average molecular weight is 279 g/mol. The van der Waals surface area contributed by atoms with Crippen LogP contribution in [0.25, 0.3) is 0 Å². The smallest absolute Gasteiger partial charge is 0.313 e. The summed E-state index contributed by atoms with van der Waals surface area (Å²) in [4.78, 5) is 14.6. The molecule has 1 unspecified atom stereocenters. The molecule has 0 saturated heterocycles. The van der Waals surface area contributed by atoms with Crippen LogP contribution in [0.2, 0.25) is 0 Å². The summed E-state index contributed by atoms with van der Waals surface area (Å²) in [6.45, 7) is 1.94. The minimum atomic E-state index is -0.908. The highest BCUT2D eigenvalue weighted by atomic mass is 32.2. The van der Waals surface area contributed by atoms with Crippen LogP contribution < -0.4 is 5.73 Å². The number of anilines is 1. The van der Waals surface area contributed by atoms with Crippen LogP contribution in [0.4, 0.5) is 5.95 Å². The molecular weight excluding hydrogens is 266 g/mol. The Morgan fingerprint density at radius 3 is 2.79 bits per heavy atom. The van der Waals surface area contributed by atoms with Crippen molar-refractivity contribution in [1.82, 2.24) is 19.7 Å². The molecule has 0 aliphatic carbocycles. The van der Waals surface area contributed by atoms with Crippen LogP contribution in [0.5, 0.6) is 0 Å². The lowest BCUT2D eigenvalue weighted by Gasteiger charge is -2.16. The number of hydrogen-bond acceptors (Lipinski definition) is 6. The van der Waals surface area contributed by atoms with Gasteiger partial charge in [-0.3, -0.25) is 14.3 Å². The van der Waals surface area contributed by atoms with E-state index in [1.165, 1.54) is 0 Å². The molecule has 0 amide bonds. The topological polar surface area (TPSA) is 107 Å². The van der Waals surface area contributed by atoms with E-state index in [0.29, 0.717) is 5.16 Å². The van der Waals surface area contributed by atoms with Crippen LogP contribution in [0.15, 0.2) is 29.7 Å². The molecule has 0 bridgehead atoms. The van der Waals surface area contributed by atoms with E-state index in [2.05, 4.69) is 15.2 Å². The number of carboxylic acids is 1. The Morgan fingerprint density at radius 1 is 1.47 bits per heavy atom. The van der Waals surface area contributed by atoms with Gasteiger partial charge in [-0.2, -0.15) is 0 Å². The van der Waals surface area contributed by atoms with Crippen LogP contribution in [0.1, 0.15) is 18.5 Å². The zero-order valence-electron chi connectivity index (χ0n) is 10.2. The summed E-state index contributed by atoms with van der Waals surface area (Å²) in [5.41, 5.74) is 6.80. The van der Waals surface area contributed by atoms with E-state index < -0.39 is 5.97 Å². The van der Waals surface area contributed by atoms with Crippen molar-refractivity contribution < 1.29 is 9.90 Å². The molecule has 0 aromatic carbocycles. The Morgan fingerprint density at radius 2 is 2.16 bits per heavy atom. The van der Waals surface area contributed by atoms with Gasteiger partial charge in [0.05, 0.1) is 11.8 Å². The molecule has 100 valence electrons. The Kier molecular flexibility index (Phi) is 4.00. The fraction of sp³-hybridized carbons (Fsp3) is 0.273. The third-order valence-corrected chi connectivity index (χ3v) is 3.52. The van der Waals surface area contributed by atoms with Crippen LogP contribution in [0, 0.1) is 0 Å². The van der Waals surface area contributed by atoms with Crippen molar-refractivity contribution in [2.45, 2.75) is 18.1 Å². The van der Waals surface area contributed by atoms with Gasteiger partial charge in [-0.1, -0.05) is 11.8 Å². The Hall–Kier alpha value is -2.09. The van der Waals surface area contributed by atoms with Crippen LogP contribution in [-0.4, -0.2) is 36.6 Å². The standard InChI is InChI=1S/C11H13N5O2S/c1-7(8-2-4-13-5-3-8)16-10(12)14-15-11(16)19-6-9(17)18/h2-5,7H,6H2,1H3,(H2,12,14)(H,17,18). The number of aliphatic carboxylic acids is 1. The maximum absolute atomic E-state index is 10.6. The molecule has 8 heteroatoms. The number of aromatic nitrogens is 4. The van der Waals surface area contributed by atoms with Crippen LogP contribution >= 0.6 is 11.8 Å². The number of nitrogens with zero attached hydrogens (tertiary/aromatic N) is 4. The van der Waals surface area contributed by atoms with Gasteiger partial charge in [0, 0.05) is 12.4 Å². The van der Waals surface area contributed by atoms with E-state index in [-0.39, 0.29) is 17.7 Å². The van der Waals surface area contributed by atoms with Crippen molar-refractivity contribution >= 4 is 23.7 Å². The van der Waals surface area contributed by atoms with Gasteiger partial charge in [0.1, 0.15) is 0 Å². The summed E-state index contributed by atoms with van der Waals surface area (Å²) >= 11 is 1.09. The van der Waals surface area contributed by atoms with Crippen molar-refractivity contribution in [3.8, 4) is 0 Å². The van der Waals surface area contributed by atoms with E-state index in [9.17, 15) is 4.79 Å². The SMILES string of the molecule is CC(c1ccncc1)n1c(N)nnc1SCC(=O)O.